The molecule has 6 rings (SSSR count). The third-order valence-corrected chi connectivity index (χ3v) is 11.9. The number of amides is 2. The van der Waals surface area contributed by atoms with Crippen LogP contribution in [0.1, 0.15) is 28.7 Å². The molecule has 0 radical (unpaired) electrons. The van der Waals surface area contributed by atoms with Crippen molar-refractivity contribution in [2.45, 2.75) is 41.8 Å². The Kier molecular flexibility index (Phi) is 9.92. The summed E-state index contributed by atoms with van der Waals surface area (Å²) >= 11 is 6.61. The number of nitrogens with zero attached hydrogens (tertiary/aromatic N) is 2. The van der Waals surface area contributed by atoms with Crippen LogP contribution >= 0.6 is 11.6 Å². The van der Waals surface area contributed by atoms with Crippen molar-refractivity contribution in [2.75, 3.05) is 39.2 Å². The number of fused-ring (bicyclic) bond motifs is 1. The zero-order chi connectivity index (χ0) is 38.5. The zero-order valence-corrected chi connectivity index (χ0v) is 30.6. The molecular weight excluding hydrogens is 739 g/mol. The molecule has 1 saturated heterocycles. The van der Waals surface area contributed by atoms with Crippen LogP contribution in [0, 0.1) is 0 Å². The van der Waals surface area contributed by atoms with E-state index in [9.17, 15) is 31.5 Å². The number of alkyl halides is 3. The molecule has 4 atom stereocenters. The summed E-state index contributed by atoms with van der Waals surface area (Å²) in [6, 6.07) is 20.1. The number of carbonyl (C=O) groups excluding carboxylic acids is 2. The van der Waals surface area contributed by atoms with Crippen LogP contribution in [-0.2, 0) is 31.6 Å². The SMILES string of the molecule is CNC(=O)[C@@H]1C[C@@H](O)C[N+]1(C)C1(c2cc(Cc3ccccc3)ccc2OC)C(=O)N(S(=O)(=O)c2ccc(OC)cc2OC(F)(F)F)c2ccc(Cl)cc21. The molecule has 2 amide bonds. The summed E-state index contributed by atoms with van der Waals surface area (Å²) < 4.78 is 85.8. The number of quaternary nitrogens is 1. The molecule has 4 aromatic rings. The smallest absolute Gasteiger partial charge is 0.497 e. The highest BCUT2D eigenvalue weighted by molar-refractivity contribution is 7.93. The molecule has 0 spiro atoms. The summed E-state index contributed by atoms with van der Waals surface area (Å²) in [7, 11) is 0.232. The lowest BCUT2D eigenvalue weighted by Crippen LogP contribution is -2.69. The van der Waals surface area contributed by atoms with Crippen molar-refractivity contribution in [2.24, 2.45) is 0 Å². The van der Waals surface area contributed by atoms with E-state index in [1.165, 1.54) is 39.5 Å². The van der Waals surface area contributed by atoms with Crippen LogP contribution in [0.25, 0.3) is 0 Å². The second-order valence-electron chi connectivity index (χ2n) is 13.0. The number of aliphatic hydroxyl groups is 1. The van der Waals surface area contributed by atoms with Crippen LogP contribution in [0.3, 0.4) is 0 Å². The number of benzene rings is 4. The van der Waals surface area contributed by atoms with Crippen LogP contribution in [0.5, 0.6) is 17.2 Å². The number of nitrogens with one attached hydrogen (secondary N) is 1. The van der Waals surface area contributed by atoms with E-state index in [1.54, 1.807) is 25.2 Å². The predicted octanol–water partition coefficient (Wildman–Crippen LogP) is 5.15. The largest absolute Gasteiger partial charge is 0.573 e. The second-order valence-corrected chi connectivity index (χ2v) is 15.2. The summed E-state index contributed by atoms with van der Waals surface area (Å²) in [5.41, 5.74) is -0.668. The van der Waals surface area contributed by atoms with Crippen LogP contribution < -0.4 is 23.8 Å². The van der Waals surface area contributed by atoms with Crippen molar-refractivity contribution >= 4 is 39.1 Å². The maximum atomic E-state index is 15.8. The van der Waals surface area contributed by atoms with E-state index in [0.717, 1.165) is 23.8 Å². The Morgan fingerprint density at radius 1 is 0.981 bits per heavy atom. The van der Waals surface area contributed by atoms with Crippen LogP contribution in [-0.4, -0.2) is 83.2 Å². The number of methoxy groups -OCH3 is 2. The van der Waals surface area contributed by atoms with Gasteiger partial charge in [0, 0.05) is 24.6 Å². The van der Waals surface area contributed by atoms with Crippen molar-refractivity contribution in [3.8, 4) is 17.2 Å². The quantitative estimate of drug-likeness (QED) is 0.212. The molecule has 280 valence electrons. The summed E-state index contributed by atoms with van der Waals surface area (Å²) in [6.07, 6.45) is -6.19. The van der Waals surface area contributed by atoms with Gasteiger partial charge in [-0.15, -0.1) is 13.2 Å². The fourth-order valence-electron chi connectivity index (χ4n) is 7.76. The average molecular weight is 775 g/mol. The van der Waals surface area contributed by atoms with Crippen molar-refractivity contribution in [1.29, 1.82) is 0 Å². The van der Waals surface area contributed by atoms with Gasteiger partial charge in [-0.1, -0.05) is 48.0 Å². The van der Waals surface area contributed by atoms with Crippen molar-refractivity contribution in [3.63, 3.8) is 0 Å². The van der Waals surface area contributed by atoms with E-state index in [1.807, 2.05) is 30.3 Å². The molecule has 4 aromatic carbocycles. The molecule has 1 fully saturated rings. The van der Waals surface area contributed by atoms with Gasteiger partial charge in [0.25, 0.3) is 15.9 Å². The molecule has 2 unspecified atom stereocenters. The lowest BCUT2D eigenvalue weighted by atomic mass is 9.78. The topological polar surface area (TPSA) is 131 Å². The summed E-state index contributed by atoms with van der Waals surface area (Å²) in [5.74, 6) is -2.83. The van der Waals surface area contributed by atoms with Crippen molar-refractivity contribution in [3.05, 3.63) is 112 Å². The second kappa shape index (κ2) is 13.9. The first-order chi connectivity index (χ1) is 25.0. The third kappa shape index (κ3) is 6.34. The Bertz CT molecular complexity index is 2190. The number of ether oxygens (including phenoxy) is 3. The maximum absolute atomic E-state index is 15.8. The van der Waals surface area contributed by atoms with Crippen LogP contribution in [0.15, 0.2) is 89.8 Å². The van der Waals surface area contributed by atoms with Crippen LogP contribution in [0.4, 0.5) is 18.9 Å². The van der Waals surface area contributed by atoms with Gasteiger partial charge in [0.05, 0.1) is 38.1 Å². The molecule has 2 heterocycles. The Labute approximate surface area is 309 Å². The number of halogens is 4. The number of hydrogen-bond acceptors (Lipinski definition) is 8. The van der Waals surface area contributed by atoms with E-state index >= 15 is 4.79 Å². The fourth-order valence-corrected chi connectivity index (χ4v) is 9.49. The summed E-state index contributed by atoms with van der Waals surface area (Å²) in [6.45, 7) is -0.222. The molecule has 16 heteroatoms. The maximum Gasteiger partial charge on any atom is 0.573 e. The van der Waals surface area contributed by atoms with E-state index in [4.69, 9.17) is 21.1 Å². The average Bonchev–Trinajstić information content (AvgIpc) is 3.57. The van der Waals surface area contributed by atoms with Gasteiger partial charge < -0.3 is 24.6 Å². The number of anilines is 1. The minimum absolute atomic E-state index is 0.0195. The molecule has 0 aromatic heterocycles. The molecular formula is C37H36ClF3N3O8S+. The number of aliphatic hydroxyl groups excluding tert-OH is 1. The molecule has 2 aliphatic rings. The predicted molar refractivity (Wildman–Crippen MR) is 188 cm³/mol. The Morgan fingerprint density at radius 2 is 1.70 bits per heavy atom. The number of rotatable bonds is 10. The van der Waals surface area contributed by atoms with Gasteiger partial charge in [0.15, 0.2) is 11.8 Å². The van der Waals surface area contributed by atoms with E-state index in [-0.39, 0.29) is 46.3 Å². The van der Waals surface area contributed by atoms with Crippen LogP contribution in [0.2, 0.25) is 5.02 Å². The molecule has 0 saturated carbocycles. The first-order valence-corrected chi connectivity index (χ1v) is 18.1. The van der Waals surface area contributed by atoms with Gasteiger partial charge in [0.2, 0.25) is 5.54 Å². The van der Waals surface area contributed by atoms with Crippen molar-refractivity contribution < 1.29 is 55.0 Å². The lowest BCUT2D eigenvalue weighted by Gasteiger charge is -2.48. The molecule has 2 N–H and O–H groups in total. The van der Waals surface area contributed by atoms with E-state index < -0.39 is 61.0 Å². The van der Waals surface area contributed by atoms with E-state index in [2.05, 4.69) is 10.1 Å². The zero-order valence-electron chi connectivity index (χ0n) is 29.0. The monoisotopic (exact) mass is 774 g/mol. The molecule has 11 nitrogen and oxygen atoms in total. The number of sulfonamides is 1. The highest BCUT2D eigenvalue weighted by Crippen LogP contribution is 2.58. The number of likely N-dealkylation sites (tertiary alicyclic amines) is 1. The fraction of sp³-hybridized carbons (Fsp3) is 0.297. The molecule has 2 aliphatic heterocycles. The number of hydrogen-bond donors (Lipinski definition) is 2. The third-order valence-electron chi connectivity index (χ3n) is 9.95. The Morgan fingerprint density at radius 3 is 2.34 bits per heavy atom. The first kappa shape index (κ1) is 37.9. The molecule has 0 bridgehead atoms. The Balaban J connectivity index is 1.70. The Hall–Kier alpha value is -4.83. The highest BCUT2D eigenvalue weighted by Gasteiger charge is 2.72. The van der Waals surface area contributed by atoms with Gasteiger partial charge >= 0.3 is 12.3 Å². The van der Waals surface area contributed by atoms with Gasteiger partial charge in [0.1, 0.15) is 29.0 Å². The van der Waals surface area contributed by atoms with Gasteiger partial charge in [-0.3, -0.25) is 14.1 Å². The minimum Gasteiger partial charge on any atom is -0.497 e. The lowest BCUT2D eigenvalue weighted by molar-refractivity contribution is -0.953. The van der Waals surface area contributed by atoms with Gasteiger partial charge in [-0.25, -0.2) is 8.42 Å². The van der Waals surface area contributed by atoms with Crippen molar-refractivity contribution in [1.82, 2.24) is 5.32 Å². The number of carbonyl (C=O) groups is 2. The normalized spacial score (nSPS) is 22.7. The number of likely N-dealkylation sites (N-methyl/N-ethyl adjacent to an activating group) is 2. The summed E-state index contributed by atoms with van der Waals surface area (Å²) in [4.78, 5) is 28.5. The first-order valence-electron chi connectivity index (χ1n) is 16.3. The molecule has 0 aliphatic carbocycles. The van der Waals surface area contributed by atoms with E-state index in [0.29, 0.717) is 16.3 Å². The standard InChI is InChI=1S/C37H35ClF3N3O8S/c1-42-34(46)30-19-25(45)21-44(30,2)36(28-17-23(10-14-31(28)51-4)16-22-8-6-5-7-9-22)27-18-24(38)11-13-29(27)43(35(36)47)53(48,49)33-15-12-26(50-3)20-32(33)52-37(39,40)41/h5-15,17-18,20,25,30,45H,16,19,21H2,1-4H3/p+1/t25-,30+,36?,44?/m1/s1. The van der Waals surface area contributed by atoms with Gasteiger partial charge in [-0.2, -0.15) is 4.31 Å². The molecule has 53 heavy (non-hydrogen) atoms. The van der Waals surface area contributed by atoms with Gasteiger partial charge in [-0.05, 0) is 60.0 Å². The highest BCUT2D eigenvalue weighted by atomic mass is 35.5. The summed E-state index contributed by atoms with van der Waals surface area (Å²) in [5, 5.41) is 13.9. The minimum atomic E-state index is -5.32.